The second-order valence-electron chi connectivity index (χ2n) is 5.25. The van der Waals surface area contributed by atoms with E-state index in [2.05, 4.69) is 10.6 Å². The topological polar surface area (TPSA) is 61.4 Å². The Bertz CT molecular complexity index is 572. The zero-order valence-electron chi connectivity index (χ0n) is 12.7. The third-order valence-electron chi connectivity index (χ3n) is 3.45. The summed E-state index contributed by atoms with van der Waals surface area (Å²) >= 11 is 0. The van der Waals surface area contributed by atoms with Crippen LogP contribution >= 0.6 is 0 Å². The zero-order chi connectivity index (χ0) is 15.8. The highest BCUT2D eigenvalue weighted by molar-refractivity contribution is 5.73. The zero-order valence-corrected chi connectivity index (χ0v) is 12.7. The van der Waals surface area contributed by atoms with Gasteiger partial charge in [0, 0.05) is 20.0 Å². The minimum atomic E-state index is -0.560. The number of nitrogens with one attached hydrogen (secondary N) is 2. The van der Waals surface area contributed by atoms with Gasteiger partial charge >= 0.3 is 0 Å². The normalized spacial score (nSPS) is 13.4. The summed E-state index contributed by atoms with van der Waals surface area (Å²) < 4.78 is 0. The highest BCUT2D eigenvalue weighted by Gasteiger charge is 2.13. The highest BCUT2D eigenvalue weighted by Crippen LogP contribution is 2.13. The molecule has 3 N–H and O–H groups in total. The van der Waals surface area contributed by atoms with Crippen LogP contribution < -0.4 is 10.6 Å². The van der Waals surface area contributed by atoms with Gasteiger partial charge in [-0.1, -0.05) is 60.7 Å². The van der Waals surface area contributed by atoms with E-state index in [9.17, 15) is 9.90 Å². The van der Waals surface area contributed by atoms with Crippen LogP contribution in [-0.4, -0.2) is 24.1 Å². The molecule has 0 spiro atoms. The monoisotopic (exact) mass is 298 g/mol. The van der Waals surface area contributed by atoms with E-state index in [1.807, 2.05) is 60.7 Å². The van der Waals surface area contributed by atoms with Crippen molar-refractivity contribution in [2.45, 2.75) is 19.1 Å². The van der Waals surface area contributed by atoms with E-state index >= 15 is 0 Å². The van der Waals surface area contributed by atoms with E-state index in [-0.39, 0.29) is 11.9 Å². The van der Waals surface area contributed by atoms with Crippen LogP contribution in [0.3, 0.4) is 0 Å². The Kier molecular flexibility index (Phi) is 6.13. The molecule has 2 rings (SSSR count). The number of amides is 1. The van der Waals surface area contributed by atoms with Crippen LogP contribution in [0.2, 0.25) is 0 Å². The minimum Gasteiger partial charge on any atom is -0.387 e. The minimum absolute atomic E-state index is 0.0701. The number of carbonyl (C=O) groups excluding carboxylic acids is 1. The van der Waals surface area contributed by atoms with Crippen molar-refractivity contribution < 1.29 is 9.90 Å². The Labute approximate surface area is 131 Å². The first kappa shape index (κ1) is 16.2. The fraction of sp³-hybridized carbons (Fsp3) is 0.278. The third-order valence-corrected chi connectivity index (χ3v) is 3.45. The van der Waals surface area contributed by atoms with Crippen molar-refractivity contribution in [3.8, 4) is 0 Å². The summed E-state index contributed by atoms with van der Waals surface area (Å²) in [6.07, 6.45) is -0.560. The molecule has 2 aromatic carbocycles. The lowest BCUT2D eigenvalue weighted by Gasteiger charge is -2.20. The van der Waals surface area contributed by atoms with E-state index in [0.29, 0.717) is 13.1 Å². The second kappa shape index (κ2) is 8.32. The molecule has 0 radical (unpaired) electrons. The molecule has 2 atom stereocenters. The molecule has 0 aliphatic heterocycles. The summed E-state index contributed by atoms with van der Waals surface area (Å²) in [5, 5.41) is 16.3. The third kappa shape index (κ3) is 4.98. The van der Waals surface area contributed by atoms with Gasteiger partial charge in [-0.05, 0) is 11.1 Å². The van der Waals surface area contributed by atoms with Gasteiger partial charge < -0.3 is 15.7 Å². The molecular formula is C18H22N2O2. The Balaban J connectivity index is 1.90. The summed E-state index contributed by atoms with van der Waals surface area (Å²) in [7, 11) is 0. The number of carbonyl (C=O) groups is 1. The van der Waals surface area contributed by atoms with Crippen LogP contribution in [0, 0.1) is 0 Å². The van der Waals surface area contributed by atoms with E-state index in [1.165, 1.54) is 6.92 Å². The van der Waals surface area contributed by atoms with Gasteiger partial charge in [0.1, 0.15) is 0 Å². The average Bonchev–Trinajstić information content (AvgIpc) is 2.55. The Hall–Kier alpha value is -2.17. The van der Waals surface area contributed by atoms with Crippen LogP contribution in [0.5, 0.6) is 0 Å². The number of rotatable bonds is 7. The van der Waals surface area contributed by atoms with Crippen molar-refractivity contribution in [1.29, 1.82) is 0 Å². The van der Waals surface area contributed by atoms with E-state index < -0.39 is 6.10 Å². The predicted octanol–water partition coefficient (Wildman–Crippen LogP) is 2.19. The van der Waals surface area contributed by atoms with Crippen LogP contribution in [0.1, 0.15) is 30.2 Å². The largest absolute Gasteiger partial charge is 0.387 e. The SMILES string of the molecule is CC(=O)NC(CNCC(O)c1ccccc1)c1ccccc1. The lowest BCUT2D eigenvalue weighted by molar-refractivity contribution is -0.119. The van der Waals surface area contributed by atoms with E-state index in [0.717, 1.165) is 11.1 Å². The second-order valence-corrected chi connectivity index (χ2v) is 5.25. The van der Waals surface area contributed by atoms with Crippen LogP contribution in [0.15, 0.2) is 60.7 Å². The molecule has 0 aliphatic carbocycles. The number of aliphatic hydroxyl groups excluding tert-OH is 1. The number of benzene rings is 2. The molecule has 0 fully saturated rings. The van der Waals surface area contributed by atoms with Gasteiger partial charge in [0.2, 0.25) is 5.91 Å². The summed E-state index contributed by atoms with van der Waals surface area (Å²) in [5.74, 6) is -0.0701. The molecule has 2 unspecified atom stereocenters. The van der Waals surface area contributed by atoms with Gasteiger partial charge in [0.25, 0.3) is 0 Å². The fourth-order valence-electron chi connectivity index (χ4n) is 2.34. The standard InChI is InChI=1S/C18H22N2O2/c1-14(21)20-17(15-8-4-2-5-9-15)12-19-13-18(22)16-10-6-3-7-11-16/h2-11,17-19,22H,12-13H2,1H3,(H,20,21). The maximum absolute atomic E-state index is 11.4. The summed E-state index contributed by atoms with van der Waals surface area (Å²) in [4.78, 5) is 11.4. The Morgan fingerprint density at radius 3 is 2.05 bits per heavy atom. The Morgan fingerprint density at radius 1 is 0.955 bits per heavy atom. The summed E-state index contributed by atoms with van der Waals surface area (Å²) in [6.45, 7) is 2.51. The van der Waals surface area contributed by atoms with Gasteiger partial charge in [0.15, 0.2) is 0 Å². The summed E-state index contributed by atoms with van der Waals surface area (Å²) in [5.41, 5.74) is 1.92. The molecule has 116 valence electrons. The first-order chi connectivity index (χ1) is 10.7. The number of hydrogen-bond donors (Lipinski definition) is 3. The average molecular weight is 298 g/mol. The molecule has 1 amide bonds. The van der Waals surface area contributed by atoms with Crippen LogP contribution in [0.4, 0.5) is 0 Å². The smallest absolute Gasteiger partial charge is 0.217 e. The number of aliphatic hydroxyl groups is 1. The summed E-state index contributed by atoms with van der Waals surface area (Å²) in [6, 6.07) is 19.2. The van der Waals surface area contributed by atoms with Crippen molar-refractivity contribution >= 4 is 5.91 Å². The molecule has 0 bridgehead atoms. The van der Waals surface area contributed by atoms with Gasteiger partial charge in [-0.25, -0.2) is 0 Å². The van der Waals surface area contributed by atoms with E-state index in [4.69, 9.17) is 0 Å². The highest BCUT2D eigenvalue weighted by atomic mass is 16.3. The van der Waals surface area contributed by atoms with Crippen molar-refractivity contribution in [3.05, 3.63) is 71.8 Å². The molecule has 4 nitrogen and oxygen atoms in total. The molecule has 22 heavy (non-hydrogen) atoms. The van der Waals surface area contributed by atoms with Crippen molar-refractivity contribution in [2.75, 3.05) is 13.1 Å². The molecule has 0 saturated heterocycles. The molecule has 0 aliphatic rings. The van der Waals surface area contributed by atoms with Crippen molar-refractivity contribution in [3.63, 3.8) is 0 Å². The van der Waals surface area contributed by atoms with Gasteiger partial charge in [-0.15, -0.1) is 0 Å². The van der Waals surface area contributed by atoms with Gasteiger partial charge in [-0.3, -0.25) is 4.79 Å². The predicted molar refractivity (Wildman–Crippen MR) is 87.3 cm³/mol. The molecule has 0 heterocycles. The maximum atomic E-state index is 11.4. The van der Waals surface area contributed by atoms with Crippen molar-refractivity contribution in [2.24, 2.45) is 0 Å². The lowest BCUT2D eigenvalue weighted by atomic mass is 10.1. The molecule has 2 aromatic rings. The maximum Gasteiger partial charge on any atom is 0.217 e. The van der Waals surface area contributed by atoms with Crippen LogP contribution in [-0.2, 0) is 4.79 Å². The number of hydrogen-bond acceptors (Lipinski definition) is 3. The molecule has 0 saturated carbocycles. The Morgan fingerprint density at radius 2 is 1.50 bits per heavy atom. The molecule has 0 aromatic heterocycles. The fourth-order valence-corrected chi connectivity index (χ4v) is 2.34. The first-order valence-electron chi connectivity index (χ1n) is 7.42. The van der Waals surface area contributed by atoms with Crippen LogP contribution in [0.25, 0.3) is 0 Å². The quantitative estimate of drug-likeness (QED) is 0.734. The van der Waals surface area contributed by atoms with Gasteiger partial charge in [0.05, 0.1) is 12.1 Å². The lowest BCUT2D eigenvalue weighted by Crippen LogP contribution is -2.35. The molecular weight excluding hydrogens is 276 g/mol. The van der Waals surface area contributed by atoms with Gasteiger partial charge in [-0.2, -0.15) is 0 Å². The van der Waals surface area contributed by atoms with E-state index in [1.54, 1.807) is 0 Å². The first-order valence-corrected chi connectivity index (χ1v) is 7.42. The molecule has 4 heteroatoms. The van der Waals surface area contributed by atoms with Crippen molar-refractivity contribution in [1.82, 2.24) is 10.6 Å².